The largest absolute Gasteiger partial charge is 0.438 e. The first-order valence-electron chi connectivity index (χ1n) is 10.3. The summed E-state index contributed by atoms with van der Waals surface area (Å²) in [4.78, 5) is 30.6. The van der Waals surface area contributed by atoms with Crippen LogP contribution in [0.5, 0.6) is 11.6 Å². The molecule has 2 heterocycles. The van der Waals surface area contributed by atoms with Crippen molar-refractivity contribution in [3.63, 3.8) is 0 Å². The van der Waals surface area contributed by atoms with Crippen LogP contribution in [0.3, 0.4) is 0 Å². The minimum atomic E-state index is -0.647. The molecule has 7 nitrogen and oxygen atoms in total. The third-order valence-corrected chi connectivity index (χ3v) is 5.31. The molecule has 2 aromatic carbocycles. The highest BCUT2D eigenvalue weighted by Crippen LogP contribution is 2.25. The smallest absolute Gasteiger partial charge is 0.269 e. The molecular formula is C26H19ClN4O3. The lowest BCUT2D eigenvalue weighted by atomic mass is 10.1. The van der Waals surface area contributed by atoms with Gasteiger partial charge < -0.3 is 10.1 Å². The summed E-state index contributed by atoms with van der Waals surface area (Å²) in [7, 11) is 0. The van der Waals surface area contributed by atoms with E-state index in [-0.39, 0.29) is 17.0 Å². The standard InChI is InChI=1S/C26H19ClN4O3/c1-16-6-7-17(2)22(13-16)29-24(32)18(15-28)14-21-25(34-20-10-8-19(27)9-11-20)30-23-5-3-4-12-31(23)26(21)33/h3-14H,1-2H3,(H,29,32)/b18-14-. The van der Waals surface area contributed by atoms with Gasteiger partial charge in [0, 0.05) is 16.9 Å². The summed E-state index contributed by atoms with van der Waals surface area (Å²) in [5.74, 6) is -0.290. The summed E-state index contributed by atoms with van der Waals surface area (Å²) in [5.41, 5.74) is 1.95. The minimum absolute atomic E-state index is 0.0358. The molecule has 0 saturated heterocycles. The Morgan fingerprint density at radius 3 is 2.65 bits per heavy atom. The van der Waals surface area contributed by atoms with E-state index in [0.29, 0.717) is 22.1 Å². The lowest BCUT2D eigenvalue weighted by molar-refractivity contribution is -0.112. The molecule has 0 saturated carbocycles. The van der Waals surface area contributed by atoms with Crippen molar-refractivity contribution in [1.29, 1.82) is 5.26 Å². The normalized spacial score (nSPS) is 11.2. The Bertz CT molecular complexity index is 1530. The van der Waals surface area contributed by atoms with E-state index in [1.165, 1.54) is 10.5 Å². The van der Waals surface area contributed by atoms with Crippen LogP contribution in [0.15, 0.2) is 77.2 Å². The fourth-order valence-corrected chi connectivity index (χ4v) is 3.38. The molecule has 4 rings (SSSR count). The zero-order valence-corrected chi connectivity index (χ0v) is 19.1. The Labute approximate surface area is 200 Å². The van der Waals surface area contributed by atoms with Gasteiger partial charge in [-0.3, -0.25) is 14.0 Å². The molecule has 0 radical (unpaired) electrons. The number of aryl methyl sites for hydroxylation is 2. The van der Waals surface area contributed by atoms with Crippen LogP contribution < -0.4 is 15.6 Å². The number of ether oxygens (including phenoxy) is 1. The van der Waals surface area contributed by atoms with Crippen molar-refractivity contribution in [2.45, 2.75) is 13.8 Å². The van der Waals surface area contributed by atoms with Crippen molar-refractivity contribution in [3.05, 3.63) is 105 Å². The Morgan fingerprint density at radius 2 is 1.91 bits per heavy atom. The number of rotatable bonds is 5. The van der Waals surface area contributed by atoms with Crippen LogP contribution in [0.25, 0.3) is 11.7 Å². The molecule has 2 aromatic heterocycles. The highest BCUT2D eigenvalue weighted by molar-refractivity contribution is 6.30. The molecule has 34 heavy (non-hydrogen) atoms. The van der Waals surface area contributed by atoms with Gasteiger partial charge in [-0.05, 0) is 73.5 Å². The number of aromatic nitrogens is 2. The van der Waals surface area contributed by atoms with E-state index in [9.17, 15) is 14.9 Å². The number of anilines is 1. The second kappa shape index (κ2) is 9.61. The third kappa shape index (κ3) is 4.82. The first-order chi connectivity index (χ1) is 16.4. The molecule has 8 heteroatoms. The van der Waals surface area contributed by atoms with Gasteiger partial charge in [0.1, 0.15) is 28.6 Å². The quantitative estimate of drug-likeness (QED) is 0.315. The molecule has 0 aliphatic heterocycles. The van der Waals surface area contributed by atoms with Crippen LogP contribution in [0.2, 0.25) is 5.02 Å². The van der Waals surface area contributed by atoms with Gasteiger partial charge in [0.15, 0.2) is 0 Å². The fourth-order valence-electron chi connectivity index (χ4n) is 3.25. The van der Waals surface area contributed by atoms with Crippen molar-refractivity contribution >= 4 is 34.9 Å². The summed E-state index contributed by atoms with van der Waals surface area (Å²) in [6.45, 7) is 3.75. The second-order valence-electron chi connectivity index (χ2n) is 7.56. The highest BCUT2D eigenvalue weighted by atomic mass is 35.5. The topological polar surface area (TPSA) is 96.5 Å². The number of hydrogen-bond acceptors (Lipinski definition) is 5. The van der Waals surface area contributed by atoms with Gasteiger partial charge in [-0.2, -0.15) is 10.2 Å². The molecule has 0 aliphatic rings. The molecule has 4 aromatic rings. The maximum absolute atomic E-state index is 13.3. The van der Waals surface area contributed by atoms with Crippen LogP contribution >= 0.6 is 11.6 Å². The first kappa shape index (κ1) is 22.8. The second-order valence-corrected chi connectivity index (χ2v) is 8.00. The van der Waals surface area contributed by atoms with Crippen LogP contribution in [0.1, 0.15) is 16.7 Å². The van der Waals surface area contributed by atoms with Gasteiger partial charge in [-0.1, -0.05) is 29.8 Å². The summed E-state index contributed by atoms with van der Waals surface area (Å²) in [6, 6.07) is 19.1. The fraction of sp³-hybridized carbons (Fsp3) is 0.0769. The van der Waals surface area contributed by atoms with Crippen LogP contribution in [-0.2, 0) is 4.79 Å². The van der Waals surface area contributed by atoms with E-state index in [2.05, 4.69) is 10.3 Å². The van der Waals surface area contributed by atoms with E-state index in [4.69, 9.17) is 16.3 Å². The third-order valence-electron chi connectivity index (χ3n) is 5.06. The maximum Gasteiger partial charge on any atom is 0.269 e. The molecular weight excluding hydrogens is 452 g/mol. The van der Waals surface area contributed by atoms with Crippen LogP contribution in [0, 0.1) is 25.2 Å². The Kier molecular flexibility index (Phi) is 6.44. The van der Waals surface area contributed by atoms with Gasteiger partial charge in [0.2, 0.25) is 5.88 Å². The molecule has 1 N–H and O–H groups in total. The SMILES string of the molecule is Cc1ccc(C)c(NC(=O)/C(C#N)=C\c2c(Oc3ccc(Cl)cc3)nc3ccccn3c2=O)c1. The van der Waals surface area contributed by atoms with Crippen molar-refractivity contribution in [3.8, 4) is 17.7 Å². The maximum atomic E-state index is 13.3. The van der Waals surface area contributed by atoms with Crippen molar-refractivity contribution in [2.75, 3.05) is 5.32 Å². The summed E-state index contributed by atoms with van der Waals surface area (Å²) >= 11 is 5.94. The lowest BCUT2D eigenvalue weighted by Crippen LogP contribution is -2.20. The number of nitrogens with one attached hydrogen (secondary N) is 1. The number of pyridine rings is 1. The molecule has 0 atom stereocenters. The number of hydrogen-bond donors (Lipinski definition) is 1. The first-order valence-corrected chi connectivity index (χ1v) is 10.7. The minimum Gasteiger partial charge on any atom is -0.438 e. The number of nitriles is 1. The number of halogens is 1. The van der Waals surface area contributed by atoms with E-state index in [0.717, 1.165) is 11.1 Å². The molecule has 0 spiro atoms. The van der Waals surface area contributed by atoms with Crippen LogP contribution in [-0.4, -0.2) is 15.3 Å². The van der Waals surface area contributed by atoms with E-state index >= 15 is 0 Å². The van der Waals surface area contributed by atoms with Gasteiger partial charge in [-0.15, -0.1) is 0 Å². The molecule has 1 amide bonds. The van der Waals surface area contributed by atoms with E-state index in [1.54, 1.807) is 48.7 Å². The monoisotopic (exact) mass is 470 g/mol. The van der Waals surface area contributed by atoms with Crippen molar-refractivity contribution in [2.24, 2.45) is 0 Å². The predicted octanol–water partition coefficient (Wildman–Crippen LogP) is 5.30. The Balaban J connectivity index is 1.80. The number of benzene rings is 2. The van der Waals surface area contributed by atoms with Gasteiger partial charge in [0.25, 0.3) is 11.5 Å². The number of carbonyl (C=O) groups is 1. The van der Waals surface area contributed by atoms with E-state index in [1.807, 2.05) is 38.1 Å². The molecule has 0 bridgehead atoms. The zero-order chi connectivity index (χ0) is 24.2. The molecule has 0 unspecified atom stereocenters. The zero-order valence-electron chi connectivity index (χ0n) is 18.4. The van der Waals surface area contributed by atoms with Crippen LogP contribution in [0.4, 0.5) is 5.69 Å². The summed E-state index contributed by atoms with van der Waals surface area (Å²) in [5, 5.41) is 13.0. The van der Waals surface area contributed by atoms with Gasteiger partial charge in [0.05, 0.1) is 0 Å². The average molecular weight is 471 g/mol. The highest BCUT2D eigenvalue weighted by Gasteiger charge is 2.18. The average Bonchev–Trinajstić information content (AvgIpc) is 2.83. The lowest BCUT2D eigenvalue weighted by Gasteiger charge is -2.11. The number of carbonyl (C=O) groups excluding carboxylic acids is 1. The number of fused-ring (bicyclic) bond motifs is 1. The Morgan fingerprint density at radius 1 is 1.15 bits per heavy atom. The van der Waals surface area contributed by atoms with Gasteiger partial charge >= 0.3 is 0 Å². The van der Waals surface area contributed by atoms with Crippen molar-refractivity contribution < 1.29 is 9.53 Å². The number of nitrogens with zero attached hydrogens (tertiary/aromatic N) is 3. The van der Waals surface area contributed by atoms with Gasteiger partial charge in [-0.25, -0.2) is 0 Å². The summed E-state index contributed by atoms with van der Waals surface area (Å²) < 4.78 is 7.18. The predicted molar refractivity (Wildman–Crippen MR) is 131 cm³/mol. The number of amides is 1. The Hall–Kier alpha value is -4.41. The summed E-state index contributed by atoms with van der Waals surface area (Å²) in [6.07, 6.45) is 2.75. The van der Waals surface area contributed by atoms with E-state index < -0.39 is 11.5 Å². The van der Waals surface area contributed by atoms with Crippen molar-refractivity contribution in [1.82, 2.24) is 9.38 Å². The molecule has 0 aliphatic carbocycles. The molecule has 168 valence electrons. The molecule has 0 fully saturated rings.